The predicted molar refractivity (Wildman–Crippen MR) is 102 cm³/mol. The van der Waals surface area contributed by atoms with Crippen LogP contribution in [0.3, 0.4) is 0 Å². The summed E-state index contributed by atoms with van der Waals surface area (Å²) in [6.07, 6.45) is 3.45. The van der Waals surface area contributed by atoms with Crippen LogP contribution >= 0.6 is 0 Å². The zero-order valence-corrected chi connectivity index (χ0v) is 15.9. The second-order valence-corrected chi connectivity index (χ2v) is 6.85. The highest BCUT2D eigenvalue weighted by Crippen LogP contribution is 2.19. The number of ether oxygens (including phenoxy) is 1. The van der Waals surface area contributed by atoms with Crippen LogP contribution in [0.25, 0.3) is 0 Å². The molecule has 5 nitrogen and oxygen atoms in total. The first kappa shape index (κ1) is 19.5. The Kier molecular flexibility index (Phi) is 7.50. The molecular weight excluding hydrogens is 319 g/mol. The van der Waals surface area contributed by atoms with E-state index in [-0.39, 0.29) is 5.82 Å². The van der Waals surface area contributed by atoms with E-state index in [1.54, 1.807) is 18.0 Å². The number of anilines is 1. The molecule has 0 amide bonds. The molecule has 140 valence electrons. The van der Waals surface area contributed by atoms with Gasteiger partial charge in [0, 0.05) is 54.5 Å². The quantitative estimate of drug-likeness (QED) is 0.633. The Morgan fingerprint density at radius 1 is 1.28 bits per heavy atom. The average molecular weight is 350 g/mol. The van der Waals surface area contributed by atoms with Gasteiger partial charge in [-0.1, -0.05) is 6.07 Å². The third kappa shape index (κ3) is 5.88. The van der Waals surface area contributed by atoms with Crippen LogP contribution in [-0.4, -0.2) is 58.8 Å². The van der Waals surface area contributed by atoms with Gasteiger partial charge in [-0.05, 0) is 42.9 Å². The monoisotopic (exact) mass is 350 g/mol. The number of nitrogens with one attached hydrogen (secondary N) is 1. The molecule has 0 atom stereocenters. The van der Waals surface area contributed by atoms with Crippen LogP contribution in [0.1, 0.15) is 24.8 Å². The van der Waals surface area contributed by atoms with Gasteiger partial charge in [0.05, 0.1) is 5.69 Å². The van der Waals surface area contributed by atoms with Crippen LogP contribution in [0, 0.1) is 11.7 Å². The Morgan fingerprint density at radius 2 is 2.00 bits per heavy atom. The number of guanidine groups is 1. The molecule has 1 N–H and O–H groups in total. The van der Waals surface area contributed by atoms with Crippen molar-refractivity contribution in [3.05, 3.63) is 29.6 Å². The molecule has 1 aromatic carbocycles. The highest BCUT2D eigenvalue weighted by atomic mass is 19.1. The zero-order chi connectivity index (χ0) is 18.2. The number of nitrogens with zero attached hydrogens (tertiary/aromatic N) is 3. The number of aliphatic imine (C=N–C) groups is 1. The molecule has 0 unspecified atom stereocenters. The maximum Gasteiger partial charge on any atom is 0.193 e. The minimum Gasteiger partial charge on any atom is -0.381 e. The van der Waals surface area contributed by atoms with Crippen molar-refractivity contribution in [3.8, 4) is 0 Å². The van der Waals surface area contributed by atoms with E-state index in [4.69, 9.17) is 4.74 Å². The van der Waals surface area contributed by atoms with E-state index in [1.807, 2.05) is 33.3 Å². The fourth-order valence-electron chi connectivity index (χ4n) is 3.11. The number of hydrogen-bond acceptors (Lipinski definition) is 3. The van der Waals surface area contributed by atoms with Gasteiger partial charge >= 0.3 is 0 Å². The van der Waals surface area contributed by atoms with E-state index >= 15 is 0 Å². The minimum atomic E-state index is -0.202. The highest BCUT2D eigenvalue weighted by Gasteiger charge is 2.15. The normalized spacial score (nSPS) is 16.0. The summed E-state index contributed by atoms with van der Waals surface area (Å²) in [4.78, 5) is 8.25. The van der Waals surface area contributed by atoms with E-state index in [2.05, 4.69) is 15.2 Å². The largest absolute Gasteiger partial charge is 0.381 e. The third-order valence-electron chi connectivity index (χ3n) is 4.73. The van der Waals surface area contributed by atoms with Crippen molar-refractivity contribution in [3.63, 3.8) is 0 Å². The zero-order valence-electron chi connectivity index (χ0n) is 15.9. The molecular formula is C19H31FN4O. The molecule has 1 saturated heterocycles. The van der Waals surface area contributed by atoms with Crippen LogP contribution < -0.4 is 10.2 Å². The second-order valence-electron chi connectivity index (χ2n) is 6.85. The Balaban J connectivity index is 1.83. The first-order chi connectivity index (χ1) is 12.0. The lowest BCUT2D eigenvalue weighted by molar-refractivity contribution is 0.0625. The molecule has 0 aliphatic carbocycles. The molecule has 1 aromatic rings. The standard InChI is InChI=1S/C19H31FN4O/c1-21-19(24(4)10-7-15-8-11-25-12-9-15)22-14-16-5-6-18(23(2)3)17(20)13-16/h5-6,13,15H,7-12,14H2,1-4H3,(H,21,22). The number of benzene rings is 1. The summed E-state index contributed by atoms with van der Waals surface area (Å²) >= 11 is 0. The van der Waals surface area contributed by atoms with Gasteiger partial charge in [0.15, 0.2) is 5.96 Å². The summed E-state index contributed by atoms with van der Waals surface area (Å²) in [5.74, 6) is 1.37. The van der Waals surface area contributed by atoms with Crippen molar-refractivity contribution in [2.24, 2.45) is 10.9 Å². The first-order valence-electron chi connectivity index (χ1n) is 8.96. The van der Waals surface area contributed by atoms with Crippen LogP contribution in [0.4, 0.5) is 10.1 Å². The Hall–Kier alpha value is -1.82. The van der Waals surface area contributed by atoms with Gasteiger partial charge in [0.2, 0.25) is 0 Å². The summed E-state index contributed by atoms with van der Waals surface area (Å²) in [6, 6.07) is 5.34. The second kappa shape index (κ2) is 9.61. The molecule has 0 radical (unpaired) electrons. The van der Waals surface area contributed by atoms with Gasteiger partial charge in [-0.2, -0.15) is 0 Å². The smallest absolute Gasteiger partial charge is 0.193 e. The Labute approximate surface area is 150 Å². The summed E-state index contributed by atoms with van der Waals surface area (Å²) in [5, 5.41) is 3.32. The molecule has 2 rings (SSSR count). The highest BCUT2D eigenvalue weighted by molar-refractivity contribution is 5.79. The van der Waals surface area contributed by atoms with Crippen LogP contribution in [0.5, 0.6) is 0 Å². The Bertz CT molecular complexity index is 571. The van der Waals surface area contributed by atoms with Crippen molar-refractivity contribution in [1.29, 1.82) is 0 Å². The van der Waals surface area contributed by atoms with E-state index in [0.717, 1.165) is 56.5 Å². The van der Waals surface area contributed by atoms with Crippen LogP contribution in [-0.2, 0) is 11.3 Å². The van der Waals surface area contributed by atoms with Crippen molar-refractivity contribution < 1.29 is 9.13 Å². The Morgan fingerprint density at radius 3 is 2.60 bits per heavy atom. The van der Waals surface area contributed by atoms with Gasteiger partial charge in [0.1, 0.15) is 5.82 Å². The maximum absolute atomic E-state index is 14.1. The van der Waals surface area contributed by atoms with Crippen molar-refractivity contribution in [1.82, 2.24) is 10.2 Å². The van der Waals surface area contributed by atoms with Gasteiger partial charge in [-0.25, -0.2) is 4.39 Å². The van der Waals surface area contributed by atoms with Crippen molar-refractivity contribution >= 4 is 11.6 Å². The molecule has 0 spiro atoms. The molecule has 1 heterocycles. The lowest BCUT2D eigenvalue weighted by atomic mass is 9.96. The molecule has 0 saturated carbocycles. The molecule has 1 aliphatic rings. The molecule has 25 heavy (non-hydrogen) atoms. The summed E-state index contributed by atoms with van der Waals surface area (Å²) < 4.78 is 19.5. The maximum atomic E-state index is 14.1. The molecule has 0 bridgehead atoms. The fourth-order valence-corrected chi connectivity index (χ4v) is 3.11. The molecule has 0 aromatic heterocycles. The predicted octanol–water partition coefficient (Wildman–Crippen LogP) is 2.72. The van der Waals surface area contributed by atoms with Crippen LogP contribution in [0.15, 0.2) is 23.2 Å². The number of rotatable bonds is 6. The van der Waals surface area contributed by atoms with Gasteiger partial charge in [-0.3, -0.25) is 4.99 Å². The SMILES string of the molecule is CN=C(NCc1ccc(N(C)C)c(F)c1)N(C)CCC1CCOCC1. The van der Waals surface area contributed by atoms with E-state index < -0.39 is 0 Å². The van der Waals surface area contributed by atoms with E-state index in [1.165, 1.54) is 0 Å². The van der Waals surface area contributed by atoms with Crippen LogP contribution in [0.2, 0.25) is 0 Å². The van der Waals surface area contributed by atoms with E-state index in [9.17, 15) is 4.39 Å². The summed E-state index contributed by atoms with van der Waals surface area (Å²) in [5.41, 5.74) is 1.50. The summed E-state index contributed by atoms with van der Waals surface area (Å²) in [6.45, 7) is 3.28. The molecule has 1 aliphatic heterocycles. The topological polar surface area (TPSA) is 40.1 Å². The average Bonchev–Trinajstić information content (AvgIpc) is 2.61. The first-order valence-corrected chi connectivity index (χ1v) is 8.96. The fraction of sp³-hybridized carbons (Fsp3) is 0.632. The lowest BCUT2D eigenvalue weighted by Crippen LogP contribution is -2.39. The number of hydrogen-bond donors (Lipinski definition) is 1. The van der Waals surface area contributed by atoms with Gasteiger partial charge in [0.25, 0.3) is 0 Å². The van der Waals surface area contributed by atoms with Crippen molar-refractivity contribution in [2.75, 3.05) is 52.8 Å². The van der Waals surface area contributed by atoms with Crippen molar-refractivity contribution in [2.45, 2.75) is 25.8 Å². The van der Waals surface area contributed by atoms with Gasteiger partial charge in [-0.15, -0.1) is 0 Å². The molecule has 6 heteroatoms. The number of halogens is 1. The minimum absolute atomic E-state index is 0.202. The van der Waals surface area contributed by atoms with Gasteiger partial charge < -0.3 is 19.9 Å². The third-order valence-corrected chi connectivity index (χ3v) is 4.73. The summed E-state index contributed by atoms with van der Waals surface area (Å²) in [7, 11) is 7.50. The molecule has 1 fully saturated rings. The lowest BCUT2D eigenvalue weighted by Gasteiger charge is -2.27. The van der Waals surface area contributed by atoms with E-state index in [0.29, 0.717) is 12.2 Å².